The van der Waals surface area contributed by atoms with E-state index in [0.29, 0.717) is 32.0 Å². The highest BCUT2D eigenvalue weighted by atomic mass is 35.5. The number of morpholine rings is 1. The number of anilines is 1. The van der Waals surface area contributed by atoms with Crippen LogP contribution in [0.5, 0.6) is 0 Å². The number of benzene rings is 1. The van der Waals surface area contributed by atoms with Gasteiger partial charge >= 0.3 is 0 Å². The first kappa shape index (κ1) is 21.6. The van der Waals surface area contributed by atoms with Gasteiger partial charge in [0.25, 0.3) is 10.0 Å². The SMILES string of the molecule is Cc1sc(NS(=O)(=O)c2c(Cl)cc(Cl)cc2Cl)nc1CC(=O)N1CCOCC1. The number of aryl methyl sites for hydroxylation is 1. The summed E-state index contributed by atoms with van der Waals surface area (Å²) in [5.41, 5.74) is 0.521. The van der Waals surface area contributed by atoms with Gasteiger partial charge in [-0.05, 0) is 19.1 Å². The van der Waals surface area contributed by atoms with Gasteiger partial charge in [0, 0.05) is 23.0 Å². The number of nitrogens with one attached hydrogen (secondary N) is 1. The molecule has 28 heavy (non-hydrogen) atoms. The molecule has 0 aliphatic carbocycles. The van der Waals surface area contributed by atoms with E-state index < -0.39 is 10.0 Å². The van der Waals surface area contributed by atoms with Gasteiger partial charge < -0.3 is 9.64 Å². The molecule has 2 aromatic rings. The zero-order valence-corrected chi connectivity index (χ0v) is 18.6. The highest BCUT2D eigenvalue weighted by Crippen LogP contribution is 2.34. The van der Waals surface area contributed by atoms with Crippen molar-refractivity contribution in [1.29, 1.82) is 0 Å². The average molecular weight is 485 g/mol. The number of rotatable bonds is 5. The van der Waals surface area contributed by atoms with Crippen LogP contribution in [0.15, 0.2) is 17.0 Å². The molecule has 1 aromatic heterocycles. The van der Waals surface area contributed by atoms with Gasteiger partial charge in [-0.3, -0.25) is 9.52 Å². The number of nitrogens with zero attached hydrogens (tertiary/aromatic N) is 2. The van der Waals surface area contributed by atoms with Crippen LogP contribution in [0.3, 0.4) is 0 Å². The lowest BCUT2D eigenvalue weighted by atomic mass is 10.2. The van der Waals surface area contributed by atoms with Gasteiger partial charge in [-0.15, -0.1) is 11.3 Å². The normalized spacial score (nSPS) is 14.9. The van der Waals surface area contributed by atoms with Gasteiger partial charge in [0.1, 0.15) is 4.90 Å². The van der Waals surface area contributed by atoms with E-state index in [1.807, 2.05) is 0 Å². The second kappa shape index (κ2) is 8.73. The van der Waals surface area contributed by atoms with Crippen LogP contribution in [0.25, 0.3) is 0 Å². The van der Waals surface area contributed by atoms with E-state index in [0.717, 1.165) is 16.2 Å². The summed E-state index contributed by atoms with van der Waals surface area (Å²) in [7, 11) is -4.08. The topological polar surface area (TPSA) is 88.6 Å². The quantitative estimate of drug-likeness (QED) is 0.700. The molecule has 7 nitrogen and oxygen atoms in total. The average Bonchev–Trinajstić information content (AvgIpc) is 2.92. The van der Waals surface area contributed by atoms with E-state index in [9.17, 15) is 13.2 Å². The molecule has 12 heteroatoms. The molecular weight excluding hydrogens is 469 g/mol. The second-order valence-corrected chi connectivity index (χ2v) is 10.1. The third-order valence-electron chi connectivity index (χ3n) is 4.03. The van der Waals surface area contributed by atoms with E-state index in [1.165, 1.54) is 12.1 Å². The van der Waals surface area contributed by atoms with Gasteiger partial charge in [-0.2, -0.15) is 0 Å². The standard InChI is InChI=1S/C16H16Cl3N3O4S2/c1-9-13(8-14(23)22-2-4-26-5-3-22)20-16(27-9)21-28(24,25)15-11(18)6-10(17)7-12(15)19/h6-7H,2-5,8H2,1H3,(H,20,21). The van der Waals surface area contributed by atoms with Crippen molar-refractivity contribution >= 4 is 67.2 Å². The van der Waals surface area contributed by atoms with Crippen molar-refractivity contribution < 1.29 is 17.9 Å². The predicted octanol–water partition coefficient (Wildman–Crippen LogP) is 3.61. The van der Waals surface area contributed by atoms with Crippen molar-refractivity contribution in [1.82, 2.24) is 9.88 Å². The summed E-state index contributed by atoms with van der Waals surface area (Å²) in [6.45, 7) is 3.87. The largest absolute Gasteiger partial charge is 0.378 e. The Morgan fingerprint density at radius 1 is 1.25 bits per heavy atom. The maximum Gasteiger partial charge on any atom is 0.266 e. The van der Waals surface area contributed by atoms with Crippen molar-refractivity contribution in [3.05, 3.63) is 37.8 Å². The first-order valence-electron chi connectivity index (χ1n) is 8.16. The number of sulfonamides is 1. The van der Waals surface area contributed by atoms with Gasteiger partial charge in [0.05, 0.1) is 35.4 Å². The molecule has 2 heterocycles. The van der Waals surface area contributed by atoms with E-state index in [-0.39, 0.29) is 37.4 Å². The Morgan fingerprint density at radius 3 is 2.46 bits per heavy atom. The summed E-state index contributed by atoms with van der Waals surface area (Å²) in [5.74, 6) is -0.0742. The molecule has 1 aliphatic rings. The fraction of sp³-hybridized carbons (Fsp3) is 0.375. The summed E-state index contributed by atoms with van der Waals surface area (Å²) in [6.07, 6.45) is 0.0898. The number of amides is 1. The zero-order valence-electron chi connectivity index (χ0n) is 14.7. The van der Waals surface area contributed by atoms with Crippen molar-refractivity contribution in [2.24, 2.45) is 0 Å². The van der Waals surface area contributed by atoms with E-state index in [1.54, 1.807) is 11.8 Å². The molecule has 152 valence electrons. The monoisotopic (exact) mass is 483 g/mol. The molecule has 0 spiro atoms. The van der Waals surface area contributed by atoms with Crippen LogP contribution in [0, 0.1) is 6.92 Å². The Morgan fingerprint density at radius 2 is 1.86 bits per heavy atom. The Balaban J connectivity index is 1.78. The maximum absolute atomic E-state index is 12.7. The van der Waals surface area contributed by atoms with Crippen molar-refractivity contribution in [2.75, 3.05) is 31.0 Å². The van der Waals surface area contributed by atoms with Crippen molar-refractivity contribution in [3.63, 3.8) is 0 Å². The molecule has 0 radical (unpaired) electrons. The van der Waals surface area contributed by atoms with Crippen LogP contribution in [-0.4, -0.2) is 50.5 Å². The Bertz CT molecular complexity index is 982. The number of carbonyl (C=O) groups is 1. The number of thiazole rings is 1. The fourth-order valence-electron chi connectivity index (χ4n) is 2.66. The molecule has 0 saturated carbocycles. The molecular formula is C16H16Cl3N3O4S2. The molecule has 1 N–H and O–H groups in total. The maximum atomic E-state index is 12.7. The first-order chi connectivity index (χ1) is 13.2. The Kier molecular flexibility index (Phi) is 6.73. The van der Waals surface area contributed by atoms with Crippen LogP contribution >= 0.6 is 46.1 Å². The van der Waals surface area contributed by atoms with Crippen molar-refractivity contribution in [3.8, 4) is 0 Å². The number of halogens is 3. The molecule has 0 bridgehead atoms. The lowest BCUT2D eigenvalue weighted by Crippen LogP contribution is -2.41. The van der Waals surface area contributed by atoms with Gasteiger partial charge in [0.15, 0.2) is 5.13 Å². The van der Waals surface area contributed by atoms with E-state index >= 15 is 0 Å². The minimum Gasteiger partial charge on any atom is -0.378 e. The highest BCUT2D eigenvalue weighted by Gasteiger charge is 2.25. The van der Waals surface area contributed by atoms with Gasteiger partial charge in [0.2, 0.25) is 5.91 Å². The number of carbonyl (C=O) groups excluding carboxylic acids is 1. The predicted molar refractivity (Wildman–Crippen MR) is 110 cm³/mol. The number of hydrogen-bond acceptors (Lipinski definition) is 6. The third-order valence-corrected chi connectivity index (χ3v) is 7.56. The summed E-state index contributed by atoms with van der Waals surface area (Å²) in [5, 5.41) is 0.161. The molecule has 1 aliphatic heterocycles. The number of hydrogen-bond donors (Lipinski definition) is 1. The summed E-state index contributed by atoms with van der Waals surface area (Å²) in [6, 6.07) is 2.59. The third kappa shape index (κ3) is 4.90. The van der Waals surface area contributed by atoms with Crippen LogP contribution in [0.1, 0.15) is 10.6 Å². The molecule has 0 unspecified atom stereocenters. The van der Waals surface area contributed by atoms with Crippen LogP contribution in [-0.2, 0) is 26.0 Å². The summed E-state index contributed by atoms with van der Waals surface area (Å²) < 4.78 is 33.0. The van der Waals surface area contributed by atoms with Gasteiger partial charge in [-0.25, -0.2) is 13.4 Å². The lowest BCUT2D eigenvalue weighted by molar-refractivity contribution is -0.134. The second-order valence-electron chi connectivity index (χ2n) is 6.00. The fourth-order valence-corrected chi connectivity index (χ4v) is 6.27. The summed E-state index contributed by atoms with van der Waals surface area (Å²) in [4.78, 5) is 18.8. The minimum absolute atomic E-state index is 0.0742. The van der Waals surface area contributed by atoms with Crippen LogP contribution in [0.2, 0.25) is 15.1 Å². The smallest absolute Gasteiger partial charge is 0.266 e. The molecule has 3 rings (SSSR count). The zero-order chi connectivity index (χ0) is 20.5. The lowest BCUT2D eigenvalue weighted by Gasteiger charge is -2.26. The van der Waals surface area contributed by atoms with E-state index in [2.05, 4.69) is 9.71 Å². The highest BCUT2D eigenvalue weighted by molar-refractivity contribution is 7.93. The molecule has 1 aromatic carbocycles. The van der Waals surface area contributed by atoms with Crippen LogP contribution in [0.4, 0.5) is 5.13 Å². The van der Waals surface area contributed by atoms with Crippen molar-refractivity contribution in [2.45, 2.75) is 18.2 Å². The number of aromatic nitrogens is 1. The summed E-state index contributed by atoms with van der Waals surface area (Å²) >= 11 is 19.0. The molecule has 1 fully saturated rings. The van der Waals surface area contributed by atoms with Gasteiger partial charge in [-0.1, -0.05) is 34.8 Å². The minimum atomic E-state index is -4.08. The van der Waals surface area contributed by atoms with Crippen LogP contribution < -0.4 is 4.72 Å². The Hall–Kier alpha value is -1.10. The number of ether oxygens (including phenoxy) is 1. The Labute approximate surface area is 181 Å². The molecule has 1 saturated heterocycles. The molecule has 1 amide bonds. The first-order valence-corrected chi connectivity index (χ1v) is 11.6. The molecule has 0 atom stereocenters. The van der Waals surface area contributed by atoms with E-state index in [4.69, 9.17) is 39.5 Å².